The molecule has 0 aliphatic rings. The third kappa shape index (κ3) is 5.08. The SMILES string of the molecule is C=CCN(Cc1cccs1)C(=O)CSc1nnnn1-c1ccc(C(C)C)cc1. The molecule has 0 N–H and O–H groups in total. The van der Waals surface area contributed by atoms with Crippen molar-refractivity contribution in [2.45, 2.75) is 31.5 Å². The zero-order chi connectivity index (χ0) is 19.9. The summed E-state index contributed by atoms with van der Waals surface area (Å²) in [5, 5.41) is 14.5. The maximum Gasteiger partial charge on any atom is 0.233 e. The molecule has 0 aliphatic heterocycles. The van der Waals surface area contributed by atoms with Gasteiger partial charge in [-0.3, -0.25) is 4.79 Å². The lowest BCUT2D eigenvalue weighted by Crippen LogP contribution is -2.31. The van der Waals surface area contributed by atoms with Gasteiger partial charge >= 0.3 is 0 Å². The molecule has 3 rings (SSSR count). The predicted molar refractivity (Wildman–Crippen MR) is 114 cm³/mol. The highest BCUT2D eigenvalue weighted by Crippen LogP contribution is 2.21. The Morgan fingerprint density at radius 2 is 2.11 bits per heavy atom. The van der Waals surface area contributed by atoms with Gasteiger partial charge in [0, 0.05) is 11.4 Å². The van der Waals surface area contributed by atoms with E-state index in [0.717, 1.165) is 10.6 Å². The first-order chi connectivity index (χ1) is 13.6. The monoisotopic (exact) mass is 413 g/mol. The van der Waals surface area contributed by atoms with E-state index in [9.17, 15) is 4.79 Å². The molecule has 2 aromatic heterocycles. The van der Waals surface area contributed by atoms with Gasteiger partial charge in [0.1, 0.15) is 0 Å². The summed E-state index contributed by atoms with van der Waals surface area (Å²) in [7, 11) is 0. The quantitative estimate of drug-likeness (QED) is 0.389. The zero-order valence-corrected chi connectivity index (χ0v) is 17.6. The topological polar surface area (TPSA) is 63.9 Å². The molecule has 0 aliphatic carbocycles. The van der Waals surface area contributed by atoms with Crippen molar-refractivity contribution in [3.8, 4) is 5.69 Å². The molecule has 0 radical (unpaired) electrons. The number of thioether (sulfide) groups is 1. The molecule has 146 valence electrons. The van der Waals surface area contributed by atoms with Crippen LogP contribution in [0.2, 0.25) is 0 Å². The van der Waals surface area contributed by atoms with Crippen molar-refractivity contribution in [2.24, 2.45) is 0 Å². The molecule has 28 heavy (non-hydrogen) atoms. The molecule has 3 aromatic rings. The number of aromatic nitrogens is 4. The molecule has 0 spiro atoms. The highest BCUT2D eigenvalue weighted by Gasteiger charge is 2.17. The Morgan fingerprint density at radius 3 is 2.75 bits per heavy atom. The molecule has 0 bridgehead atoms. The molecule has 2 heterocycles. The summed E-state index contributed by atoms with van der Waals surface area (Å²) in [4.78, 5) is 15.6. The van der Waals surface area contributed by atoms with E-state index in [1.807, 2.05) is 29.6 Å². The highest BCUT2D eigenvalue weighted by atomic mass is 32.2. The van der Waals surface area contributed by atoms with Crippen LogP contribution in [0.25, 0.3) is 5.69 Å². The van der Waals surface area contributed by atoms with Crippen molar-refractivity contribution >= 4 is 29.0 Å². The van der Waals surface area contributed by atoms with Crippen LogP contribution in [-0.2, 0) is 11.3 Å². The number of hydrogen-bond donors (Lipinski definition) is 0. The van der Waals surface area contributed by atoms with Crippen molar-refractivity contribution in [3.05, 3.63) is 64.9 Å². The second-order valence-corrected chi connectivity index (χ2v) is 8.53. The van der Waals surface area contributed by atoms with Crippen LogP contribution in [0.1, 0.15) is 30.2 Å². The number of amides is 1. The number of carbonyl (C=O) groups is 1. The number of carbonyl (C=O) groups excluding carboxylic acids is 1. The number of benzene rings is 1. The van der Waals surface area contributed by atoms with Gasteiger partial charge in [0.05, 0.1) is 18.0 Å². The summed E-state index contributed by atoms with van der Waals surface area (Å²) in [6.45, 7) is 9.18. The van der Waals surface area contributed by atoms with E-state index in [1.54, 1.807) is 27.0 Å². The van der Waals surface area contributed by atoms with Gasteiger partial charge in [0.15, 0.2) is 0 Å². The third-order valence-electron chi connectivity index (χ3n) is 4.20. The fourth-order valence-electron chi connectivity index (χ4n) is 2.65. The number of tetrazole rings is 1. The summed E-state index contributed by atoms with van der Waals surface area (Å²) in [6, 6.07) is 12.2. The molecule has 1 aromatic carbocycles. The Bertz CT molecular complexity index is 903. The van der Waals surface area contributed by atoms with E-state index in [0.29, 0.717) is 24.2 Å². The molecule has 1 amide bonds. The van der Waals surface area contributed by atoms with Crippen LogP contribution in [-0.4, -0.2) is 43.3 Å². The maximum atomic E-state index is 12.7. The Balaban J connectivity index is 1.66. The third-order valence-corrected chi connectivity index (χ3v) is 5.96. The van der Waals surface area contributed by atoms with Crippen molar-refractivity contribution < 1.29 is 4.79 Å². The minimum absolute atomic E-state index is 0.0306. The van der Waals surface area contributed by atoms with Gasteiger partial charge < -0.3 is 4.90 Å². The normalized spacial score (nSPS) is 11.0. The number of hydrogen-bond acceptors (Lipinski definition) is 6. The first kappa shape index (κ1) is 20.3. The standard InChI is InChI=1S/C20H23N5OS2/c1-4-11-24(13-18-6-5-12-27-18)19(26)14-28-20-21-22-23-25(20)17-9-7-16(8-10-17)15(2)3/h4-10,12,15H,1,11,13-14H2,2-3H3. The second kappa shape index (κ2) is 9.66. The Labute approximate surface area is 173 Å². The lowest BCUT2D eigenvalue weighted by molar-refractivity contribution is -0.128. The van der Waals surface area contributed by atoms with Crippen LogP contribution < -0.4 is 0 Å². The van der Waals surface area contributed by atoms with E-state index in [4.69, 9.17) is 0 Å². The summed E-state index contributed by atoms with van der Waals surface area (Å²) < 4.78 is 1.67. The minimum atomic E-state index is 0.0306. The second-order valence-electron chi connectivity index (χ2n) is 6.55. The van der Waals surface area contributed by atoms with E-state index < -0.39 is 0 Å². The van der Waals surface area contributed by atoms with Crippen LogP contribution in [0.15, 0.2) is 59.6 Å². The molecule has 0 atom stereocenters. The Hall–Kier alpha value is -2.45. The maximum absolute atomic E-state index is 12.7. The predicted octanol–water partition coefficient (Wildman–Crippen LogP) is 4.15. The Kier molecular flexibility index (Phi) is 7.00. The summed E-state index contributed by atoms with van der Waals surface area (Å²) in [6.07, 6.45) is 1.75. The van der Waals surface area contributed by atoms with Crippen LogP contribution in [0.4, 0.5) is 0 Å². The summed E-state index contributed by atoms with van der Waals surface area (Å²) in [5.74, 6) is 0.764. The van der Waals surface area contributed by atoms with Crippen LogP contribution in [0.5, 0.6) is 0 Å². The highest BCUT2D eigenvalue weighted by molar-refractivity contribution is 7.99. The van der Waals surface area contributed by atoms with Gasteiger partial charge in [-0.1, -0.05) is 49.9 Å². The lowest BCUT2D eigenvalue weighted by Gasteiger charge is -2.20. The van der Waals surface area contributed by atoms with Gasteiger partial charge in [-0.2, -0.15) is 4.68 Å². The van der Waals surface area contributed by atoms with Crippen molar-refractivity contribution in [2.75, 3.05) is 12.3 Å². The molecule has 0 fully saturated rings. The number of rotatable bonds is 9. The fourth-order valence-corrected chi connectivity index (χ4v) is 4.16. The van der Waals surface area contributed by atoms with Crippen LogP contribution in [0.3, 0.4) is 0 Å². The molecular weight excluding hydrogens is 390 g/mol. The first-order valence-corrected chi connectivity index (χ1v) is 10.9. The van der Waals surface area contributed by atoms with Gasteiger partial charge in [-0.25, -0.2) is 0 Å². The average Bonchev–Trinajstić information content (AvgIpc) is 3.37. The number of thiophene rings is 1. The molecule has 0 saturated carbocycles. The molecule has 6 nitrogen and oxygen atoms in total. The van der Waals surface area contributed by atoms with Crippen molar-refractivity contribution in [1.82, 2.24) is 25.1 Å². The number of nitrogens with zero attached hydrogens (tertiary/aromatic N) is 5. The van der Waals surface area contributed by atoms with Gasteiger partial charge in [-0.05, 0) is 45.5 Å². The van der Waals surface area contributed by atoms with Gasteiger partial charge in [0.2, 0.25) is 11.1 Å². The smallest absolute Gasteiger partial charge is 0.233 e. The Morgan fingerprint density at radius 1 is 1.32 bits per heavy atom. The van der Waals surface area contributed by atoms with Crippen LogP contribution >= 0.6 is 23.1 Å². The van der Waals surface area contributed by atoms with E-state index in [2.05, 4.69) is 48.1 Å². The lowest BCUT2D eigenvalue weighted by atomic mass is 10.0. The van der Waals surface area contributed by atoms with Crippen molar-refractivity contribution in [1.29, 1.82) is 0 Å². The average molecular weight is 414 g/mol. The van der Waals surface area contributed by atoms with Gasteiger partial charge in [0.25, 0.3) is 0 Å². The van der Waals surface area contributed by atoms with E-state index in [-0.39, 0.29) is 11.7 Å². The van der Waals surface area contributed by atoms with E-state index in [1.165, 1.54) is 17.3 Å². The summed E-state index contributed by atoms with van der Waals surface area (Å²) in [5.41, 5.74) is 2.14. The molecular formula is C20H23N5OS2. The fraction of sp³-hybridized carbons (Fsp3) is 0.300. The molecule has 0 unspecified atom stereocenters. The first-order valence-electron chi connectivity index (χ1n) is 9.01. The van der Waals surface area contributed by atoms with E-state index >= 15 is 0 Å². The minimum Gasteiger partial charge on any atom is -0.333 e. The van der Waals surface area contributed by atoms with Crippen molar-refractivity contribution in [3.63, 3.8) is 0 Å². The molecule has 8 heteroatoms. The molecule has 0 saturated heterocycles. The summed E-state index contributed by atoms with van der Waals surface area (Å²) >= 11 is 2.98. The largest absolute Gasteiger partial charge is 0.333 e. The van der Waals surface area contributed by atoms with Crippen LogP contribution in [0, 0.1) is 0 Å². The van der Waals surface area contributed by atoms with Gasteiger partial charge in [-0.15, -0.1) is 23.0 Å². The zero-order valence-electron chi connectivity index (χ0n) is 16.0.